The molecule has 0 atom stereocenters. The zero-order valence-corrected chi connectivity index (χ0v) is 19.8. The molecule has 0 bridgehead atoms. The Kier molecular flexibility index (Phi) is 6.53. The van der Waals surface area contributed by atoms with Gasteiger partial charge in [0.25, 0.3) is 0 Å². The number of halogens is 1. The van der Waals surface area contributed by atoms with Crippen molar-refractivity contribution in [3.63, 3.8) is 0 Å². The summed E-state index contributed by atoms with van der Waals surface area (Å²) in [7, 11) is 4.86. The van der Waals surface area contributed by atoms with Crippen molar-refractivity contribution in [3.05, 3.63) is 44.7 Å². The van der Waals surface area contributed by atoms with Crippen molar-refractivity contribution in [1.82, 2.24) is 4.90 Å². The third-order valence-corrected chi connectivity index (χ3v) is 6.98. The molecule has 0 saturated carbocycles. The normalized spacial score (nSPS) is 19.5. The van der Waals surface area contributed by atoms with Gasteiger partial charge in [0.15, 0.2) is 23.1 Å². The van der Waals surface area contributed by atoms with E-state index in [0.717, 1.165) is 58.3 Å². The molecule has 1 aliphatic heterocycles. The number of allylic oxidation sites excluding steroid dienone is 4. The number of nitrogens with zero attached hydrogens (tertiary/aromatic N) is 1. The maximum atomic E-state index is 13.3. The molecule has 4 rings (SSSR count). The van der Waals surface area contributed by atoms with Crippen molar-refractivity contribution < 1.29 is 23.8 Å². The van der Waals surface area contributed by atoms with E-state index in [2.05, 4.69) is 20.8 Å². The number of rotatable bonds is 6. The molecule has 2 aliphatic carbocycles. The van der Waals surface area contributed by atoms with E-state index in [1.165, 1.54) is 0 Å². The molecule has 166 valence electrons. The Hall–Kier alpha value is -2.12. The van der Waals surface area contributed by atoms with E-state index in [-0.39, 0.29) is 17.5 Å². The SMILES string of the molecule is COCCN1C2=C(C(=O)CCC2)C(c2cc(Br)c(OC)c(OC)c2)C2=C1CCCC2=O. The Labute approximate surface area is 191 Å². The van der Waals surface area contributed by atoms with Crippen LogP contribution in [0.1, 0.15) is 50.0 Å². The first-order chi connectivity index (χ1) is 15.0. The van der Waals surface area contributed by atoms with Crippen LogP contribution in [0.5, 0.6) is 11.5 Å². The fraction of sp³-hybridized carbons (Fsp3) is 0.500. The van der Waals surface area contributed by atoms with Crippen LogP contribution >= 0.6 is 15.9 Å². The lowest BCUT2D eigenvalue weighted by Gasteiger charge is -2.44. The van der Waals surface area contributed by atoms with Gasteiger partial charge in [0.2, 0.25) is 0 Å². The lowest BCUT2D eigenvalue weighted by Crippen LogP contribution is -2.40. The van der Waals surface area contributed by atoms with Crippen molar-refractivity contribution in [2.24, 2.45) is 0 Å². The molecule has 1 heterocycles. The lowest BCUT2D eigenvalue weighted by molar-refractivity contribution is -0.117. The number of Topliss-reactive ketones (excluding diaryl/α,β-unsaturated/α-hetero) is 2. The molecule has 3 aliphatic rings. The third kappa shape index (κ3) is 3.82. The van der Waals surface area contributed by atoms with Crippen molar-refractivity contribution in [1.29, 1.82) is 0 Å². The summed E-state index contributed by atoms with van der Waals surface area (Å²) in [6.07, 6.45) is 4.36. The highest BCUT2D eigenvalue weighted by Crippen LogP contribution is 2.50. The zero-order chi connectivity index (χ0) is 22.1. The summed E-state index contributed by atoms with van der Waals surface area (Å²) in [4.78, 5) is 28.7. The van der Waals surface area contributed by atoms with Crippen LogP contribution in [0, 0.1) is 0 Å². The number of methoxy groups -OCH3 is 3. The predicted molar refractivity (Wildman–Crippen MR) is 120 cm³/mol. The van der Waals surface area contributed by atoms with Crippen molar-refractivity contribution in [2.45, 2.75) is 44.4 Å². The Bertz CT molecular complexity index is 936. The molecule has 1 aromatic carbocycles. The summed E-state index contributed by atoms with van der Waals surface area (Å²) in [5.41, 5.74) is 4.50. The highest BCUT2D eigenvalue weighted by Gasteiger charge is 2.43. The molecule has 0 aromatic heterocycles. The van der Waals surface area contributed by atoms with Crippen molar-refractivity contribution >= 4 is 27.5 Å². The number of ether oxygens (including phenoxy) is 3. The van der Waals surface area contributed by atoms with E-state index in [9.17, 15) is 9.59 Å². The van der Waals surface area contributed by atoms with Gasteiger partial charge >= 0.3 is 0 Å². The number of carbonyl (C=O) groups excluding carboxylic acids is 2. The second-order valence-corrected chi connectivity index (χ2v) is 8.94. The van der Waals surface area contributed by atoms with E-state index in [0.29, 0.717) is 37.5 Å². The summed E-state index contributed by atoms with van der Waals surface area (Å²) in [6, 6.07) is 3.86. The minimum Gasteiger partial charge on any atom is -0.493 e. The first-order valence-corrected chi connectivity index (χ1v) is 11.5. The van der Waals surface area contributed by atoms with Gasteiger partial charge in [0.05, 0.1) is 25.3 Å². The van der Waals surface area contributed by atoms with Gasteiger partial charge < -0.3 is 19.1 Å². The Morgan fingerprint density at radius 1 is 0.935 bits per heavy atom. The van der Waals surface area contributed by atoms with Gasteiger partial charge in [-0.05, 0) is 59.3 Å². The summed E-state index contributed by atoms with van der Waals surface area (Å²) >= 11 is 3.58. The Balaban J connectivity index is 1.95. The topological polar surface area (TPSA) is 65.1 Å². The molecular formula is C24H28BrNO5. The molecule has 0 saturated heterocycles. The minimum atomic E-state index is -0.375. The first-order valence-electron chi connectivity index (χ1n) is 10.7. The lowest BCUT2D eigenvalue weighted by atomic mass is 9.71. The number of ketones is 2. The highest BCUT2D eigenvalue weighted by atomic mass is 79.9. The van der Waals surface area contributed by atoms with E-state index in [4.69, 9.17) is 14.2 Å². The van der Waals surface area contributed by atoms with Gasteiger partial charge in [0, 0.05) is 55.0 Å². The van der Waals surface area contributed by atoms with Gasteiger partial charge in [-0.3, -0.25) is 9.59 Å². The highest BCUT2D eigenvalue weighted by molar-refractivity contribution is 9.10. The molecule has 0 fully saturated rings. The standard InChI is InChI=1S/C24H28BrNO5/c1-29-11-10-26-16-6-4-8-18(27)22(16)21(23-17(26)7-5-9-19(23)28)14-12-15(25)24(31-3)20(13-14)30-2/h12-13,21H,4-11H2,1-3H3. The number of hydrogen-bond acceptors (Lipinski definition) is 6. The molecule has 31 heavy (non-hydrogen) atoms. The van der Waals surface area contributed by atoms with Crippen LogP contribution < -0.4 is 9.47 Å². The van der Waals surface area contributed by atoms with Crippen LogP contribution in [-0.2, 0) is 14.3 Å². The molecule has 0 unspecified atom stereocenters. The molecule has 0 spiro atoms. The molecule has 6 nitrogen and oxygen atoms in total. The molecule has 1 aromatic rings. The Morgan fingerprint density at radius 2 is 1.55 bits per heavy atom. The quantitative estimate of drug-likeness (QED) is 0.584. The largest absolute Gasteiger partial charge is 0.493 e. The van der Waals surface area contributed by atoms with E-state index >= 15 is 0 Å². The maximum absolute atomic E-state index is 13.3. The van der Waals surface area contributed by atoms with Crippen LogP contribution in [0.2, 0.25) is 0 Å². The predicted octanol–water partition coefficient (Wildman–Crippen LogP) is 4.53. The Morgan fingerprint density at radius 3 is 2.06 bits per heavy atom. The fourth-order valence-corrected chi connectivity index (χ4v) is 5.73. The van der Waals surface area contributed by atoms with Gasteiger partial charge in [0.1, 0.15) is 0 Å². The van der Waals surface area contributed by atoms with Crippen LogP contribution in [-0.4, -0.2) is 50.9 Å². The van der Waals surface area contributed by atoms with Crippen LogP contribution in [0.15, 0.2) is 39.1 Å². The molecule has 0 radical (unpaired) electrons. The van der Waals surface area contributed by atoms with Gasteiger partial charge in [-0.1, -0.05) is 0 Å². The average molecular weight is 490 g/mol. The average Bonchev–Trinajstić information content (AvgIpc) is 2.76. The third-order valence-electron chi connectivity index (χ3n) is 6.39. The summed E-state index contributed by atoms with van der Waals surface area (Å²) in [5.74, 6) is 1.05. The maximum Gasteiger partial charge on any atom is 0.174 e. The van der Waals surface area contributed by atoms with E-state index in [1.807, 2.05) is 12.1 Å². The monoisotopic (exact) mass is 489 g/mol. The second-order valence-electron chi connectivity index (χ2n) is 8.09. The van der Waals surface area contributed by atoms with E-state index < -0.39 is 0 Å². The molecule has 0 N–H and O–H groups in total. The van der Waals surface area contributed by atoms with Crippen molar-refractivity contribution in [3.8, 4) is 11.5 Å². The summed E-state index contributed by atoms with van der Waals surface area (Å²) < 4.78 is 17.1. The van der Waals surface area contributed by atoms with E-state index in [1.54, 1.807) is 21.3 Å². The molecule has 7 heteroatoms. The number of benzene rings is 1. The number of carbonyl (C=O) groups is 2. The van der Waals surface area contributed by atoms with Crippen LogP contribution in [0.25, 0.3) is 0 Å². The van der Waals surface area contributed by atoms with Crippen LogP contribution in [0.4, 0.5) is 0 Å². The zero-order valence-electron chi connectivity index (χ0n) is 18.3. The van der Waals surface area contributed by atoms with Crippen molar-refractivity contribution in [2.75, 3.05) is 34.5 Å². The smallest absolute Gasteiger partial charge is 0.174 e. The van der Waals surface area contributed by atoms with Crippen LogP contribution in [0.3, 0.4) is 0 Å². The number of hydrogen-bond donors (Lipinski definition) is 0. The first kappa shape index (κ1) is 22.1. The summed E-state index contributed by atoms with van der Waals surface area (Å²) in [5, 5.41) is 0. The van der Waals surface area contributed by atoms with Gasteiger partial charge in [-0.15, -0.1) is 0 Å². The molecule has 0 amide bonds. The fourth-order valence-electron chi connectivity index (χ4n) is 5.11. The van der Waals surface area contributed by atoms with Gasteiger partial charge in [-0.2, -0.15) is 0 Å². The second kappa shape index (κ2) is 9.17. The van der Waals surface area contributed by atoms with Gasteiger partial charge in [-0.25, -0.2) is 0 Å². The minimum absolute atomic E-state index is 0.129. The molecular weight excluding hydrogens is 462 g/mol. The summed E-state index contributed by atoms with van der Waals surface area (Å²) in [6.45, 7) is 1.19.